The predicted octanol–water partition coefficient (Wildman–Crippen LogP) is 2.66. The van der Waals surface area contributed by atoms with Crippen molar-refractivity contribution in [3.8, 4) is 5.69 Å². The van der Waals surface area contributed by atoms with Gasteiger partial charge in [-0.3, -0.25) is 10.1 Å². The van der Waals surface area contributed by atoms with Gasteiger partial charge in [0.15, 0.2) is 5.82 Å². The lowest BCUT2D eigenvalue weighted by atomic mass is 10.2. The number of halogens is 2. The fraction of sp³-hybridized carbons (Fsp3) is 0. The normalized spacial score (nSPS) is 10.4. The van der Waals surface area contributed by atoms with Crippen LogP contribution < -0.4 is 0 Å². The topological polar surface area (TPSA) is 48.1 Å². The van der Waals surface area contributed by atoms with Crippen molar-refractivity contribution in [2.75, 3.05) is 0 Å². The van der Waals surface area contributed by atoms with E-state index in [0.29, 0.717) is 6.07 Å². The summed E-state index contributed by atoms with van der Waals surface area (Å²) in [6.07, 6.45) is 3.03. The zero-order chi connectivity index (χ0) is 11.7. The molecule has 0 atom stereocenters. The van der Waals surface area contributed by atoms with E-state index in [4.69, 9.17) is 0 Å². The van der Waals surface area contributed by atoms with Crippen LogP contribution in [-0.2, 0) is 0 Å². The third-order valence-corrected chi connectivity index (χ3v) is 2.10. The molecule has 4 nitrogen and oxygen atoms in total. The van der Waals surface area contributed by atoms with E-state index >= 15 is 0 Å². The summed E-state index contributed by atoms with van der Waals surface area (Å²) < 4.78 is 27.7. The number of hydrogen-bond donors (Lipinski definition) is 0. The molecule has 0 aliphatic heterocycles. The summed E-state index contributed by atoms with van der Waals surface area (Å²) in [6.45, 7) is 0. The molecule has 0 spiro atoms. The van der Waals surface area contributed by atoms with E-state index in [1.165, 1.54) is 17.0 Å². The lowest BCUT2D eigenvalue weighted by molar-refractivity contribution is -0.387. The molecule has 0 aliphatic carbocycles. The summed E-state index contributed by atoms with van der Waals surface area (Å²) >= 11 is 0. The first-order valence-electron chi connectivity index (χ1n) is 4.36. The fourth-order valence-corrected chi connectivity index (χ4v) is 1.36. The summed E-state index contributed by atoms with van der Waals surface area (Å²) in [4.78, 5) is 9.60. The van der Waals surface area contributed by atoms with Gasteiger partial charge in [0.25, 0.3) is 0 Å². The molecule has 82 valence electrons. The van der Waals surface area contributed by atoms with E-state index in [1.54, 1.807) is 12.1 Å². The molecule has 16 heavy (non-hydrogen) atoms. The average Bonchev–Trinajstić information content (AvgIpc) is 2.70. The summed E-state index contributed by atoms with van der Waals surface area (Å²) in [6, 6.07) is 4.64. The Bertz CT molecular complexity index is 538. The zero-order valence-electron chi connectivity index (χ0n) is 7.93. The second-order valence-corrected chi connectivity index (χ2v) is 3.10. The van der Waals surface area contributed by atoms with Crippen LogP contribution in [0.25, 0.3) is 5.69 Å². The second kappa shape index (κ2) is 3.73. The fourth-order valence-electron chi connectivity index (χ4n) is 1.36. The first-order chi connectivity index (χ1) is 7.59. The first kappa shape index (κ1) is 10.3. The summed E-state index contributed by atoms with van der Waals surface area (Å²) in [7, 11) is 0. The van der Waals surface area contributed by atoms with Crippen molar-refractivity contribution in [2.24, 2.45) is 0 Å². The molecule has 0 amide bonds. The maximum atomic E-state index is 13.4. The average molecular weight is 224 g/mol. The lowest BCUT2D eigenvalue weighted by Crippen LogP contribution is -2.00. The van der Waals surface area contributed by atoms with Crippen LogP contribution in [0.15, 0.2) is 36.7 Å². The van der Waals surface area contributed by atoms with Crippen molar-refractivity contribution >= 4 is 5.69 Å². The number of benzene rings is 1. The van der Waals surface area contributed by atoms with Gasteiger partial charge in [-0.15, -0.1) is 0 Å². The largest absolute Gasteiger partial charge is 0.321 e. The molecule has 2 rings (SSSR count). The van der Waals surface area contributed by atoms with Crippen LogP contribution in [0.3, 0.4) is 0 Å². The predicted molar refractivity (Wildman–Crippen MR) is 52.3 cm³/mol. The summed E-state index contributed by atoms with van der Waals surface area (Å²) in [5.41, 5.74) is -0.803. The van der Waals surface area contributed by atoms with Crippen LogP contribution in [0.2, 0.25) is 0 Å². The van der Waals surface area contributed by atoms with Crippen LogP contribution in [-0.4, -0.2) is 9.49 Å². The van der Waals surface area contributed by atoms with Gasteiger partial charge >= 0.3 is 5.69 Å². The number of hydrogen-bond acceptors (Lipinski definition) is 2. The summed E-state index contributed by atoms with van der Waals surface area (Å²) in [5, 5.41) is 10.5. The van der Waals surface area contributed by atoms with Gasteiger partial charge in [0.05, 0.1) is 10.6 Å². The Labute approximate surface area is 88.9 Å². The molecule has 0 N–H and O–H groups in total. The molecule has 1 heterocycles. The minimum atomic E-state index is -1.18. The quantitative estimate of drug-likeness (QED) is 0.581. The van der Waals surface area contributed by atoms with Crippen LogP contribution in [0, 0.1) is 21.7 Å². The monoisotopic (exact) mass is 224 g/mol. The molecule has 2 aromatic rings. The van der Waals surface area contributed by atoms with Gasteiger partial charge < -0.3 is 4.57 Å². The van der Waals surface area contributed by atoms with Crippen LogP contribution in [0.4, 0.5) is 14.5 Å². The second-order valence-electron chi connectivity index (χ2n) is 3.10. The third kappa shape index (κ3) is 1.65. The number of nitrogens with zero attached hydrogens (tertiary/aromatic N) is 2. The molecular formula is C10H6F2N2O2. The number of nitro benzene ring substituents is 1. The SMILES string of the molecule is O=[N+]([O-])c1cc(-n2cccc2)c(F)cc1F. The molecule has 1 aromatic heterocycles. The minimum absolute atomic E-state index is 0.0573. The van der Waals surface area contributed by atoms with Gasteiger partial charge in [-0.05, 0) is 12.1 Å². The number of nitro groups is 1. The molecule has 1 aromatic carbocycles. The van der Waals surface area contributed by atoms with Crippen molar-refractivity contribution in [1.82, 2.24) is 4.57 Å². The molecule has 0 saturated heterocycles. The molecular weight excluding hydrogens is 218 g/mol. The van der Waals surface area contributed by atoms with Crippen LogP contribution in [0.5, 0.6) is 0 Å². The van der Waals surface area contributed by atoms with Crippen molar-refractivity contribution in [2.45, 2.75) is 0 Å². The first-order valence-corrected chi connectivity index (χ1v) is 4.36. The molecule has 0 bridgehead atoms. The van der Waals surface area contributed by atoms with E-state index < -0.39 is 22.2 Å². The Morgan fingerprint density at radius 2 is 1.75 bits per heavy atom. The van der Waals surface area contributed by atoms with E-state index in [0.717, 1.165) is 6.07 Å². The van der Waals surface area contributed by atoms with Crippen molar-refractivity contribution < 1.29 is 13.7 Å². The molecule has 0 saturated carbocycles. The van der Waals surface area contributed by atoms with Gasteiger partial charge in [0.1, 0.15) is 0 Å². The Morgan fingerprint density at radius 1 is 1.12 bits per heavy atom. The smallest absolute Gasteiger partial charge is 0.307 e. The van der Waals surface area contributed by atoms with Crippen molar-refractivity contribution in [3.63, 3.8) is 0 Å². The van der Waals surface area contributed by atoms with Gasteiger partial charge in [-0.25, -0.2) is 4.39 Å². The molecule has 6 heteroatoms. The standard InChI is InChI=1S/C10H6F2N2O2/c11-7-5-8(12)10(14(15)16)6-9(7)13-3-1-2-4-13/h1-6H. The van der Waals surface area contributed by atoms with Crippen molar-refractivity contribution in [1.29, 1.82) is 0 Å². The number of rotatable bonds is 2. The Kier molecular flexibility index (Phi) is 2.40. The summed E-state index contributed by atoms with van der Waals surface area (Å²) in [5.74, 6) is -2.03. The van der Waals surface area contributed by atoms with E-state index in [1.807, 2.05) is 0 Å². The lowest BCUT2D eigenvalue weighted by Gasteiger charge is -2.04. The van der Waals surface area contributed by atoms with Gasteiger partial charge in [-0.1, -0.05) is 0 Å². The van der Waals surface area contributed by atoms with E-state index in [-0.39, 0.29) is 5.69 Å². The van der Waals surface area contributed by atoms with E-state index in [9.17, 15) is 18.9 Å². The maximum Gasteiger partial charge on any atom is 0.307 e. The highest BCUT2D eigenvalue weighted by molar-refractivity contribution is 5.45. The molecule has 0 radical (unpaired) electrons. The highest BCUT2D eigenvalue weighted by Crippen LogP contribution is 2.24. The molecule has 0 fully saturated rings. The highest BCUT2D eigenvalue weighted by atomic mass is 19.1. The van der Waals surface area contributed by atoms with Gasteiger partial charge in [0.2, 0.25) is 5.82 Å². The minimum Gasteiger partial charge on any atom is -0.321 e. The van der Waals surface area contributed by atoms with Gasteiger partial charge in [-0.2, -0.15) is 4.39 Å². The molecule has 0 unspecified atom stereocenters. The highest BCUT2D eigenvalue weighted by Gasteiger charge is 2.18. The number of aromatic nitrogens is 1. The van der Waals surface area contributed by atoms with E-state index in [2.05, 4.69) is 0 Å². The Balaban J connectivity index is 2.63. The third-order valence-electron chi connectivity index (χ3n) is 2.10. The van der Waals surface area contributed by atoms with Gasteiger partial charge in [0, 0.05) is 24.5 Å². The Morgan fingerprint density at radius 3 is 2.31 bits per heavy atom. The Hall–Kier alpha value is -2.24. The van der Waals surface area contributed by atoms with Crippen LogP contribution >= 0.6 is 0 Å². The molecule has 0 aliphatic rings. The van der Waals surface area contributed by atoms with Crippen LogP contribution in [0.1, 0.15) is 0 Å². The van der Waals surface area contributed by atoms with Crippen molar-refractivity contribution in [3.05, 3.63) is 58.4 Å². The maximum absolute atomic E-state index is 13.4. The zero-order valence-corrected chi connectivity index (χ0v) is 7.93.